The number of benzene rings is 2. The van der Waals surface area contributed by atoms with E-state index in [1.54, 1.807) is 6.07 Å². The molecule has 1 N–H and O–H groups in total. The van der Waals surface area contributed by atoms with E-state index in [4.69, 9.17) is 4.74 Å². The summed E-state index contributed by atoms with van der Waals surface area (Å²) in [6.07, 6.45) is 1.31. The zero-order valence-corrected chi connectivity index (χ0v) is 11.0. The number of hydrogen-bond acceptors (Lipinski definition) is 2. The molecule has 0 fully saturated rings. The molecule has 0 aliphatic carbocycles. The molecule has 1 radical (unpaired) electrons. The summed E-state index contributed by atoms with van der Waals surface area (Å²) in [5, 5.41) is 11.5. The number of fused-ring (bicyclic) bond motifs is 1. The molecule has 0 aliphatic rings. The molecule has 0 bridgehead atoms. The van der Waals surface area contributed by atoms with Crippen LogP contribution >= 0.6 is 0 Å². The minimum atomic E-state index is 0. The first-order valence-corrected chi connectivity index (χ1v) is 4.31. The first-order chi connectivity index (χ1) is 6.83. The summed E-state index contributed by atoms with van der Waals surface area (Å²) in [5.41, 5.74) is 0. The van der Waals surface area contributed by atoms with Gasteiger partial charge in [0.05, 0.1) is 6.26 Å². The van der Waals surface area contributed by atoms with Gasteiger partial charge in [-0.3, -0.25) is 0 Å². The second-order valence-electron chi connectivity index (χ2n) is 2.92. The predicted molar refractivity (Wildman–Crippen MR) is 56.4 cm³/mol. The molecule has 2 rings (SSSR count). The van der Waals surface area contributed by atoms with Crippen LogP contribution in [0.15, 0.2) is 49.2 Å². The van der Waals surface area contributed by atoms with Crippen molar-refractivity contribution in [2.75, 3.05) is 0 Å². The monoisotopic (exact) mass is 275 g/mol. The molecule has 0 amide bonds. The Balaban J connectivity index is 0.00000112. The molecule has 3 heteroatoms. The van der Waals surface area contributed by atoms with Gasteiger partial charge in [-0.2, -0.15) is 0 Å². The molecular weight excluding hydrogens is 265 g/mol. The Morgan fingerprint density at radius 3 is 2.60 bits per heavy atom. The third-order valence-electron chi connectivity index (χ3n) is 2.06. The van der Waals surface area contributed by atoms with Crippen molar-refractivity contribution in [3.63, 3.8) is 0 Å². The van der Waals surface area contributed by atoms with Gasteiger partial charge in [-0.1, -0.05) is 36.9 Å². The van der Waals surface area contributed by atoms with E-state index >= 15 is 0 Å². The zero-order chi connectivity index (χ0) is 9.97. The van der Waals surface area contributed by atoms with Gasteiger partial charge >= 0.3 is 0 Å². The van der Waals surface area contributed by atoms with Crippen LogP contribution < -0.4 is 4.74 Å². The Kier molecular flexibility index (Phi) is 4.31. The van der Waals surface area contributed by atoms with E-state index in [2.05, 4.69) is 6.58 Å². The van der Waals surface area contributed by atoms with Gasteiger partial charge in [0.15, 0.2) is 11.5 Å². The SMILES string of the molecule is C=COc1c(O)ccc2ccccc12.[Y]. The molecule has 0 aliphatic heterocycles. The second-order valence-corrected chi connectivity index (χ2v) is 2.92. The fourth-order valence-corrected chi connectivity index (χ4v) is 1.44. The van der Waals surface area contributed by atoms with E-state index < -0.39 is 0 Å². The van der Waals surface area contributed by atoms with Crippen molar-refractivity contribution < 1.29 is 42.6 Å². The third-order valence-corrected chi connectivity index (χ3v) is 2.06. The number of hydrogen-bond donors (Lipinski definition) is 1. The van der Waals surface area contributed by atoms with Crippen molar-refractivity contribution in [1.29, 1.82) is 0 Å². The smallest absolute Gasteiger partial charge is 0.175 e. The molecule has 2 aromatic carbocycles. The average molecular weight is 275 g/mol. The van der Waals surface area contributed by atoms with Crippen molar-refractivity contribution in [3.05, 3.63) is 49.2 Å². The van der Waals surface area contributed by atoms with Crippen LogP contribution in [0.4, 0.5) is 0 Å². The van der Waals surface area contributed by atoms with Crippen molar-refractivity contribution in [2.24, 2.45) is 0 Å². The Labute approximate surface area is 113 Å². The van der Waals surface area contributed by atoms with Crippen LogP contribution in [0.3, 0.4) is 0 Å². The normalized spacial score (nSPS) is 9.33. The van der Waals surface area contributed by atoms with E-state index in [1.165, 1.54) is 6.26 Å². The molecule has 0 saturated heterocycles. The van der Waals surface area contributed by atoms with E-state index in [0.29, 0.717) is 5.75 Å². The Hall–Kier alpha value is -0.856. The van der Waals surface area contributed by atoms with Crippen LogP contribution in [0.25, 0.3) is 10.8 Å². The predicted octanol–water partition coefficient (Wildman–Crippen LogP) is 3.07. The van der Waals surface area contributed by atoms with Crippen molar-refractivity contribution in [2.45, 2.75) is 0 Å². The minimum Gasteiger partial charge on any atom is -0.504 e. The fraction of sp³-hybridized carbons (Fsp3) is 0. The van der Waals surface area contributed by atoms with Gasteiger partial charge in [-0.05, 0) is 11.5 Å². The van der Waals surface area contributed by atoms with Crippen LogP contribution in [-0.4, -0.2) is 5.11 Å². The minimum absolute atomic E-state index is 0. The maximum absolute atomic E-state index is 9.57. The van der Waals surface area contributed by atoms with Crippen LogP contribution in [-0.2, 0) is 32.7 Å². The number of phenols is 1. The first kappa shape index (κ1) is 12.2. The Morgan fingerprint density at radius 2 is 1.87 bits per heavy atom. The fourth-order valence-electron chi connectivity index (χ4n) is 1.44. The second kappa shape index (κ2) is 5.29. The molecule has 2 nitrogen and oxygen atoms in total. The van der Waals surface area contributed by atoms with E-state index in [0.717, 1.165) is 10.8 Å². The molecular formula is C12H10O2Y. The largest absolute Gasteiger partial charge is 0.504 e. The Morgan fingerprint density at radius 1 is 1.13 bits per heavy atom. The average Bonchev–Trinajstić information content (AvgIpc) is 2.23. The summed E-state index contributed by atoms with van der Waals surface area (Å²) in [6, 6.07) is 11.2. The van der Waals surface area contributed by atoms with E-state index in [9.17, 15) is 5.11 Å². The number of aromatic hydroxyl groups is 1. The van der Waals surface area contributed by atoms with Gasteiger partial charge in [0.1, 0.15) is 0 Å². The standard InChI is InChI=1S/C12H10O2.Y/c1-2-14-12-10-6-4-3-5-9(10)7-8-11(12)13;/h2-8,13H,1H2;. The molecule has 0 atom stereocenters. The number of phenolic OH excluding ortho intramolecular Hbond substituents is 1. The van der Waals surface area contributed by atoms with Crippen LogP contribution in [0.5, 0.6) is 11.5 Å². The summed E-state index contributed by atoms with van der Waals surface area (Å²) in [7, 11) is 0. The molecule has 0 spiro atoms. The molecule has 0 heterocycles. The number of rotatable bonds is 2. The maximum atomic E-state index is 9.57. The molecule has 73 valence electrons. The first-order valence-electron chi connectivity index (χ1n) is 4.31. The topological polar surface area (TPSA) is 29.5 Å². The number of ether oxygens (including phenoxy) is 1. The maximum Gasteiger partial charge on any atom is 0.175 e. The van der Waals surface area contributed by atoms with Crippen LogP contribution in [0.2, 0.25) is 0 Å². The van der Waals surface area contributed by atoms with Crippen LogP contribution in [0, 0.1) is 0 Å². The molecule has 0 saturated carbocycles. The summed E-state index contributed by atoms with van der Waals surface area (Å²) < 4.78 is 5.16. The van der Waals surface area contributed by atoms with E-state index in [-0.39, 0.29) is 38.5 Å². The molecule has 0 aromatic heterocycles. The zero-order valence-electron chi connectivity index (χ0n) is 8.18. The molecule has 15 heavy (non-hydrogen) atoms. The summed E-state index contributed by atoms with van der Waals surface area (Å²) in [5.74, 6) is 0.585. The van der Waals surface area contributed by atoms with Crippen molar-refractivity contribution >= 4 is 10.8 Å². The van der Waals surface area contributed by atoms with Gasteiger partial charge in [0.2, 0.25) is 0 Å². The van der Waals surface area contributed by atoms with Crippen molar-refractivity contribution in [3.8, 4) is 11.5 Å². The molecule has 2 aromatic rings. The van der Waals surface area contributed by atoms with E-state index in [1.807, 2.05) is 30.3 Å². The van der Waals surface area contributed by atoms with Crippen LogP contribution in [0.1, 0.15) is 0 Å². The van der Waals surface area contributed by atoms with Gasteiger partial charge in [-0.15, -0.1) is 0 Å². The van der Waals surface area contributed by atoms with Crippen molar-refractivity contribution in [1.82, 2.24) is 0 Å². The quantitative estimate of drug-likeness (QED) is 0.853. The van der Waals surface area contributed by atoms with Gasteiger partial charge < -0.3 is 9.84 Å². The van der Waals surface area contributed by atoms with Gasteiger partial charge in [0.25, 0.3) is 0 Å². The summed E-state index contributed by atoms with van der Waals surface area (Å²) in [6.45, 7) is 3.47. The summed E-state index contributed by atoms with van der Waals surface area (Å²) in [4.78, 5) is 0. The van der Waals surface area contributed by atoms with Gasteiger partial charge in [0, 0.05) is 38.1 Å². The Bertz CT molecular complexity index is 480. The van der Waals surface area contributed by atoms with Gasteiger partial charge in [-0.25, -0.2) is 0 Å². The molecule has 0 unspecified atom stereocenters. The summed E-state index contributed by atoms with van der Waals surface area (Å²) >= 11 is 0. The third kappa shape index (κ3) is 2.39.